The van der Waals surface area contributed by atoms with Crippen LogP contribution in [0.15, 0.2) is 4.52 Å². The average molecular weight is 140 g/mol. The fourth-order valence-electron chi connectivity index (χ4n) is 0.962. The summed E-state index contributed by atoms with van der Waals surface area (Å²) in [5, 5.41) is 6.76. The van der Waals surface area contributed by atoms with E-state index in [9.17, 15) is 0 Å². The van der Waals surface area contributed by atoms with E-state index in [1.54, 1.807) is 0 Å². The standard InChI is InChI=1S/C6H8N2O2/c1-4-5-6(10-8-4)7-2-3-9-5/h7H,2-3H2,1H3. The van der Waals surface area contributed by atoms with Crippen LogP contribution in [0, 0.1) is 6.92 Å². The molecule has 1 N–H and O–H groups in total. The highest BCUT2D eigenvalue weighted by molar-refractivity contribution is 5.50. The van der Waals surface area contributed by atoms with Crippen LogP contribution in [0.5, 0.6) is 5.75 Å². The van der Waals surface area contributed by atoms with E-state index in [2.05, 4.69) is 10.5 Å². The first-order valence-electron chi connectivity index (χ1n) is 3.21. The maximum absolute atomic E-state index is 5.28. The Morgan fingerprint density at radius 3 is 3.30 bits per heavy atom. The minimum absolute atomic E-state index is 0.656. The lowest BCUT2D eigenvalue weighted by Crippen LogP contribution is -2.16. The molecule has 0 amide bonds. The van der Waals surface area contributed by atoms with Crippen molar-refractivity contribution >= 4 is 5.88 Å². The van der Waals surface area contributed by atoms with Gasteiger partial charge in [-0.2, -0.15) is 0 Å². The number of anilines is 1. The summed E-state index contributed by atoms with van der Waals surface area (Å²) in [5.74, 6) is 1.41. The normalized spacial score (nSPS) is 15.3. The fourth-order valence-corrected chi connectivity index (χ4v) is 0.962. The summed E-state index contributed by atoms with van der Waals surface area (Å²) in [6.45, 7) is 3.34. The van der Waals surface area contributed by atoms with Crippen molar-refractivity contribution in [2.75, 3.05) is 18.5 Å². The number of rotatable bonds is 0. The number of aryl methyl sites for hydroxylation is 1. The third-order valence-electron chi connectivity index (χ3n) is 1.44. The molecule has 54 valence electrons. The summed E-state index contributed by atoms with van der Waals surface area (Å²) < 4.78 is 10.2. The van der Waals surface area contributed by atoms with E-state index >= 15 is 0 Å². The van der Waals surface area contributed by atoms with E-state index < -0.39 is 0 Å². The zero-order valence-electron chi connectivity index (χ0n) is 5.68. The Morgan fingerprint density at radius 1 is 1.60 bits per heavy atom. The number of hydrogen-bond donors (Lipinski definition) is 1. The van der Waals surface area contributed by atoms with Crippen LogP contribution < -0.4 is 10.1 Å². The first-order valence-corrected chi connectivity index (χ1v) is 3.21. The summed E-state index contributed by atoms with van der Waals surface area (Å²) in [4.78, 5) is 0. The molecule has 4 heteroatoms. The predicted molar refractivity (Wildman–Crippen MR) is 35.2 cm³/mol. The van der Waals surface area contributed by atoms with Gasteiger partial charge in [0.2, 0.25) is 5.75 Å². The van der Waals surface area contributed by atoms with Crippen LogP contribution in [0.25, 0.3) is 0 Å². The molecule has 1 aromatic rings. The Hall–Kier alpha value is -1.19. The van der Waals surface area contributed by atoms with Crippen LogP contribution in [0.1, 0.15) is 5.69 Å². The molecular formula is C6H8N2O2. The molecule has 0 aliphatic carbocycles. The summed E-state index contributed by atoms with van der Waals surface area (Å²) in [5.41, 5.74) is 0.808. The van der Waals surface area contributed by atoms with Crippen LogP contribution in [0.4, 0.5) is 5.88 Å². The van der Waals surface area contributed by atoms with Crippen LogP contribution in [0.3, 0.4) is 0 Å². The van der Waals surface area contributed by atoms with E-state index in [-0.39, 0.29) is 0 Å². The van der Waals surface area contributed by atoms with Gasteiger partial charge in [-0.1, -0.05) is 5.16 Å². The predicted octanol–water partition coefficient (Wildman–Crippen LogP) is 0.787. The SMILES string of the molecule is Cc1noc2c1OCCN2. The van der Waals surface area contributed by atoms with Gasteiger partial charge in [-0.15, -0.1) is 0 Å². The van der Waals surface area contributed by atoms with Gasteiger partial charge in [0, 0.05) is 0 Å². The Labute approximate surface area is 58.1 Å². The molecular weight excluding hydrogens is 132 g/mol. The maximum atomic E-state index is 5.28. The zero-order valence-corrected chi connectivity index (χ0v) is 5.68. The van der Waals surface area contributed by atoms with E-state index in [4.69, 9.17) is 9.26 Å². The number of nitrogens with one attached hydrogen (secondary N) is 1. The molecule has 0 radical (unpaired) electrons. The monoisotopic (exact) mass is 140 g/mol. The Kier molecular flexibility index (Phi) is 1.06. The van der Waals surface area contributed by atoms with Gasteiger partial charge in [0.1, 0.15) is 12.3 Å². The van der Waals surface area contributed by atoms with Crippen molar-refractivity contribution in [3.63, 3.8) is 0 Å². The van der Waals surface area contributed by atoms with E-state index in [0.29, 0.717) is 12.5 Å². The van der Waals surface area contributed by atoms with Crippen molar-refractivity contribution in [1.29, 1.82) is 0 Å². The first-order chi connectivity index (χ1) is 4.88. The molecule has 0 spiro atoms. The molecule has 4 nitrogen and oxygen atoms in total. The topological polar surface area (TPSA) is 47.3 Å². The molecule has 2 rings (SSSR count). The summed E-state index contributed by atoms with van der Waals surface area (Å²) in [7, 11) is 0. The Morgan fingerprint density at radius 2 is 2.50 bits per heavy atom. The second kappa shape index (κ2) is 1.90. The van der Waals surface area contributed by atoms with Crippen LogP contribution >= 0.6 is 0 Å². The van der Waals surface area contributed by atoms with E-state index in [1.165, 1.54) is 0 Å². The van der Waals surface area contributed by atoms with Crippen molar-refractivity contribution in [1.82, 2.24) is 5.16 Å². The highest BCUT2D eigenvalue weighted by Crippen LogP contribution is 2.29. The number of aromatic nitrogens is 1. The van der Waals surface area contributed by atoms with Crippen LogP contribution in [-0.2, 0) is 0 Å². The van der Waals surface area contributed by atoms with Gasteiger partial charge in [-0.05, 0) is 6.92 Å². The van der Waals surface area contributed by atoms with E-state index in [1.807, 2.05) is 6.92 Å². The lowest BCUT2D eigenvalue weighted by atomic mass is 10.4. The lowest BCUT2D eigenvalue weighted by Gasteiger charge is -2.12. The fraction of sp³-hybridized carbons (Fsp3) is 0.500. The molecule has 0 bridgehead atoms. The number of fused-ring (bicyclic) bond motifs is 1. The minimum atomic E-state index is 0.656. The maximum Gasteiger partial charge on any atom is 0.267 e. The zero-order chi connectivity index (χ0) is 6.97. The number of nitrogens with zero attached hydrogens (tertiary/aromatic N) is 1. The second-order valence-corrected chi connectivity index (χ2v) is 2.20. The second-order valence-electron chi connectivity index (χ2n) is 2.20. The van der Waals surface area contributed by atoms with E-state index in [0.717, 1.165) is 18.0 Å². The smallest absolute Gasteiger partial charge is 0.267 e. The molecule has 0 saturated heterocycles. The Balaban J connectivity index is 2.45. The van der Waals surface area contributed by atoms with Crippen molar-refractivity contribution < 1.29 is 9.26 Å². The summed E-state index contributed by atoms with van der Waals surface area (Å²) in [6, 6.07) is 0. The number of hydrogen-bond acceptors (Lipinski definition) is 4. The highest BCUT2D eigenvalue weighted by Gasteiger charge is 2.17. The van der Waals surface area contributed by atoms with Crippen molar-refractivity contribution in [3.05, 3.63) is 5.69 Å². The Bertz CT molecular complexity index is 244. The highest BCUT2D eigenvalue weighted by atomic mass is 16.5. The number of ether oxygens (including phenoxy) is 1. The van der Waals surface area contributed by atoms with Gasteiger partial charge < -0.3 is 14.6 Å². The molecule has 1 aliphatic heterocycles. The van der Waals surface area contributed by atoms with Crippen molar-refractivity contribution in [3.8, 4) is 5.75 Å². The average Bonchev–Trinajstić information content (AvgIpc) is 2.34. The van der Waals surface area contributed by atoms with Gasteiger partial charge in [0.25, 0.3) is 5.88 Å². The lowest BCUT2D eigenvalue weighted by molar-refractivity contribution is 0.312. The third kappa shape index (κ3) is 0.650. The first kappa shape index (κ1) is 5.58. The van der Waals surface area contributed by atoms with Crippen LogP contribution in [-0.4, -0.2) is 18.3 Å². The molecule has 0 fully saturated rings. The molecule has 1 aromatic heterocycles. The van der Waals surface area contributed by atoms with Gasteiger partial charge in [0.15, 0.2) is 0 Å². The summed E-state index contributed by atoms with van der Waals surface area (Å²) in [6.07, 6.45) is 0. The molecule has 0 saturated carbocycles. The quantitative estimate of drug-likeness (QED) is 0.578. The molecule has 2 heterocycles. The summed E-state index contributed by atoms with van der Waals surface area (Å²) >= 11 is 0. The molecule has 0 unspecified atom stereocenters. The largest absolute Gasteiger partial charge is 0.485 e. The van der Waals surface area contributed by atoms with Crippen molar-refractivity contribution in [2.45, 2.75) is 6.92 Å². The molecule has 10 heavy (non-hydrogen) atoms. The molecule has 0 atom stereocenters. The molecule has 0 aromatic carbocycles. The molecule has 1 aliphatic rings. The van der Waals surface area contributed by atoms with Gasteiger partial charge in [-0.3, -0.25) is 0 Å². The van der Waals surface area contributed by atoms with Crippen molar-refractivity contribution in [2.24, 2.45) is 0 Å². The van der Waals surface area contributed by atoms with Gasteiger partial charge in [-0.25, -0.2) is 0 Å². The minimum Gasteiger partial charge on any atom is -0.485 e. The third-order valence-corrected chi connectivity index (χ3v) is 1.44. The van der Waals surface area contributed by atoms with Gasteiger partial charge >= 0.3 is 0 Å². The van der Waals surface area contributed by atoms with Gasteiger partial charge in [0.05, 0.1) is 6.54 Å². The van der Waals surface area contributed by atoms with Crippen LogP contribution in [0.2, 0.25) is 0 Å².